The monoisotopic (exact) mass is 1300 g/mol. The van der Waals surface area contributed by atoms with Crippen molar-refractivity contribution in [3.8, 4) is 0 Å². The Morgan fingerprint density at radius 1 is 0.562 bits per heavy atom. The molecule has 3 saturated heterocycles. The lowest BCUT2D eigenvalue weighted by molar-refractivity contribution is 0.0795. The quantitative estimate of drug-likeness (QED) is 0.0878. The summed E-state index contributed by atoms with van der Waals surface area (Å²) in [6.07, 6.45) is 20.5. The molecule has 5 saturated carbocycles. The van der Waals surface area contributed by atoms with Crippen molar-refractivity contribution in [1.29, 1.82) is 0 Å². The molecule has 6 aliphatic carbocycles. The van der Waals surface area contributed by atoms with Gasteiger partial charge in [-0.15, -0.1) is 0 Å². The standard InChI is InChI=1S/C25H30N6O.C24H28N6O.C23H25F2N7O/c1-14-8-26-24-19(14)5-6-22(24)29-25(32)18-9-27-31(11-18)10-17-4-7-23(28-16(17)3)30-12-20-15(2)21(20)13-30;1-15-17(3-6-22(27-15)30-12-24(13-30)7-8-24)10-29-11-21(26-14-29)23(31)28-20-5-4-18-16(2)25-9-19(18)20;1-12-5-26-20-16(12)3-4-19(20)30-21(33)15-7-28-32(9-15)8-14-6-27-22(29-13(14)2)31-10-17-18(11-31)23(17,24)25/h4,7,9,11,15,20-22H,5-6,8,10,12-13H2,1-3H3,(H,29,32);3,6,11,14,20H,4-5,7-10,12-13H2,1-2H3,(H,28,31);6-7,9,17-19H,3-5,8,10-11H2,1-2H3,(H,30,33)/t15?,20-,21+,22-;20-;17?,18?,19-/m111/s1. The molecule has 24 heteroatoms. The van der Waals surface area contributed by atoms with Crippen LogP contribution in [0.3, 0.4) is 0 Å². The highest BCUT2D eigenvalue weighted by Crippen LogP contribution is 2.59. The second kappa shape index (κ2) is 23.9. The van der Waals surface area contributed by atoms with Crippen molar-refractivity contribution in [2.45, 2.75) is 144 Å². The molecule has 6 aliphatic heterocycles. The molecule has 22 nitrogen and oxygen atoms in total. The Morgan fingerprint density at radius 3 is 1.69 bits per heavy atom. The first-order valence-electron chi connectivity index (χ1n) is 34.4. The topological polar surface area (TPSA) is 239 Å². The van der Waals surface area contributed by atoms with Crippen LogP contribution in [0.1, 0.15) is 144 Å². The number of carbonyl (C=O) groups excluding carboxylic acids is 3. The van der Waals surface area contributed by atoms with Crippen LogP contribution in [0.25, 0.3) is 0 Å². The molecular formula is C72H83F2N19O3. The van der Waals surface area contributed by atoms with Crippen LogP contribution in [0.5, 0.6) is 0 Å². The third kappa shape index (κ3) is 11.7. The molecule has 12 heterocycles. The van der Waals surface area contributed by atoms with Gasteiger partial charge in [0.1, 0.15) is 17.3 Å². The summed E-state index contributed by atoms with van der Waals surface area (Å²) in [5.74, 6) is 1.28. The molecule has 12 aliphatic rings. The van der Waals surface area contributed by atoms with Gasteiger partial charge in [0.2, 0.25) is 5.95 Å². The summed E-state index contributed by atoms with van der Waals surface area (Å²) in [6.45, 7) is 23.8. The number of pyridine rings is 2. The van der Waals surface area contributed by atoms with Gasteiger partial charge in [0, 0.05) is 97.8 Å². The Morgan fingerprint density at radius 2 is 1.10 bits per heavy atom. The number of aliphatic imine (C=N–C) groups is 3. The number of nitrogens with zero attached hydrogens (tertiary/aromatic N) is 16. The minimum atomic E-state index is -2.52. The molecule has 0 radical (unpaired) electrons. The fourth-order valence-corrected chi connectivity index (χ4v) is 16.3. The Bertz CT molecular complexity index is 4360. The maximum atomic E-state index is 13.4. The SMILES string of the molecule is CC1=C2CC[C@@H](NC(=O)c3cnn(Cc4ccc(N5C[C@@H]6C(C)[C@@H]6C5)nc4C)c3)C2=NC1.CC1=C2CC[C@@H](NC(=O)c3cnn(Cc4cnc(N5CC6C(C5)C6(F)F)nc4C)c3)C2=NC1.CC1=NCC2=C1CC[C@H]2NC(=O)c1cn(Cc2ccc(N3CC4(CC4)C3)nc2C)cn1. The van der Waals surface area contributed by atoms with Crippen LogP contribution < -0.4 is 30.7 Å². The number of amides is 3. The third-order valence-electron chi connectivity index (χ3n) is 22.8. The highest BCUT2D eigenvalue weighted by Gasteiger charge is 2.72. The molecule has 0 bridgehead atoms. The number of nitrogens with one attached hydrogen (secondary N) is 3. The number of halogens is 2. The summed E-state index contributed by atoms with van der Waals surface area (Å²) >= 11 is 0. The Labute approximate surface area is 557 Å². The Hall–Kier alpha value is -9.09. The molecule has 6 aromatic rings. The van der Waals surface area contributed by atoms with Crippen LogP contribution in [0.15, 0.2) is 116 Å². The molecule has 8 atom stereocenters. The highest BCUT2D eigenvalue weighted by molar-refractivity contribution is 6.11. The molecule has 6 aromatic heterocycles. The second-order valence-electron chi connectivity index (χ2n) is 29.2. The van der Waals surface area contributed by atoms with Crippen molar-refractivity contribution in [2.75, 3.05) is 73.6 Å². The van der Waals surface area contributed by atoms with E-state index in [4.69, 9.17) is 9.97 Å². The summed E-state index contributed by atoms with van der Waals surface area (Å²) < 4.78 is 32.4. The van der Waals surface area contributed by atoms with Crippen molar-refractivity contribution < 1.29 is 23.2 Å². The first-order valence-corrected chi connectivity index (χ1v) is 34.4. The number of imidazole rings is 1. The lowest BCUT2D eigenvalue weighted by atomic mass is 9.97. The Balaban J connectivity index is 0.000000113. The van der Waals surface area contributed by atoms with E-state index in [1.54, 1.807) is 35.8 Å². The van der Waals surface area contributed by atoms with Gasteiger partial charge in [-0.3, -0.25) is 38.7 Å². The summed E-state index contributed by atoms with van der Waals surface area (Å²) in [5, 5.41) is 18.1. The van der Waals surface area contributed by atoms with E-state index in [0.717, 1.165) is 165 Å². The number of hydrogen-bond acceptors (Lipinski definition) is 16. The van der Waals surface area contributed by atoms with Crippen LogP contribution in [-0.4, -0.2) is 167 Å². The van der Waals surface area contributed by atoms with Crippen LogP contribution in [0, 0.1) is 55.8 Å². The number of hydrogen-bond donors (Lipinski definition) is 3. The van der Waals surface area contributed by atoms with Gasteiger partial charge < -0.3 is 35.2 Å². The van der Waals surface area contributed by atoms with Crippen molar-refractivity contribution in [2.24, 2.45) is 50.0 Å². The smallest absolute Gasteiger partial charge is 0.271 e. The average Bonchev–Trinajstić information content (AvgIpc) is 1.54. The van der Waals surface area contributed by atoms with Gasteiger partial charge >= 0.3 is 0 Å². The average molecular weight is 1300 g/mol. The van der Waals surface area contributed by atoms with Crippen LogP contribution in [0.4, 0.5) is 26.4 Å². The van der Waals surface area contributed by atoms with Gasteiger partial charge in [-0.1, -0.05) is 19.1 Å². The fraction of sp³-hybridized carbons (Fsp3) is 0.514. The van der Waals surface area contributed by atoms with Gasteiger partial charge in [-0.2, -0.15) is 10.2 Å². The highest BCUT2D eigenvalue weighted by atomic mass is 19.3. The van der Waals surface area contributed by atoms with Crippen molar-refractivity contribution in [3.63, 3.8) is 0 Å². The number of anilines is 3. The number of aromatic nitrogens is 10. The summed E-state index contributed by atoms with van der Waals surface area (Å²) in [6, 6.07) is 8.64. The largest absolute Gasteiger partial charge is 0.356 e. The number of alkyl halides is 2. The zero-order valence-corrected chi connectivity index (χ0v) is 55.7. The normalized spacial score (nSPS) is 26.1. The second-order valence-corrected chi connectivity index (χ2v) is 29.2. The lowest BCUT2D eigenvalue weighted by Gasteiger charge is -2.41. The number of fused-ring (bicyclic) bond motifs is 4. The first kappa shape index (κ1) is 61.8. The minimum absolute atomic E-state index is 0.0249. The fourth-order valence-electron chi connectivity index (χ4n) is 16.3. The van der Waals surface area contributed by atoms with Gasteiger partial charge in [0.25, 0.3) is 23.6 Å². The summed E-state index contributed by atoms with van der Waals surface area (Å²) in [7, 11) is 0. The molecule has 498 valence electrons. The molecule has 8 fully saturated rings. The molecule has 3 unspecified atom stereocenters. The van der Waals surface area contributed by atoms with E-state index < -0.39 is 17.8 Å². The maximum absolute atomic E-state index is 13.4. The van der Waals surface area contributed by atoms with E-state index in [0.29, 0.717) is 60.9 Å². The van der Waals surface area contributed by atoms with Crippen LogP contribution in [-0.2, 0) is 19.6 Å². The minimum Gasteiger partial charge on any atom is -0.356 e. The molecule has 96 heavy (non-hydrogen) atoms. The zero-order valence-electron chi connectivity index (χ0n) is 55.7. The van der Waals surface area contributed by atoms with E-state index in [1.165, 1.54) is 46.3 Å². The van der Waals surface area contributed by atoms with Crippen LogP contribution >= 0.6 is 0 Å². The molecule has 18 rings (SSSR count). The molecule has 1 spiro atoms. The van der Waals surface area contributed by atoms with Crippen LogP contribution in [0.2, 0.25) is 0 Å². The van der Waals surface area contributed by atoms with E-state index in [9.17, 15) is 23.2 Å². The van der Waals surface area contributed by atoms with E-state index in [1.807, 2.05) is 33.5 Å². The number of aryl methyl sites for hydroxylation is 3. The van der Waals surface area contributed by atoms with Gasteiger partial charge in [0.15, 0.2) is 0 Å². The zero-order chi connectivity index (χ0) is 66.1. The maximum Gasteiger partial charge on any atom is 0.271 e. The number of piperidine rings is 2. The molecule has 3 N–H and O–H groups in total. The summed E-state index contributed by atoms with van der Waals surface area (Å²) in [4.78, 5) is 81.6. The molecule has 0 aromatic carbocycles. The van der Waals surface area contributed by atoms with Crippen molar-refractivity contribution >= 4 is 52.4 Å². The van der Waals surface area contributed by atoms with Crippen molar-refractivity contribution in [1.82, 2.24) is 65.0 Å². The van der Waals surface area contributed by atoms with E-state index in [2.05, 4.69) is 132 Å². The first-order chi connectivity index (χ1) is 46.3. The van der Waals surface area contributed by atoms with E-state index >= 15 is 0 Å². The molecule has 3 amide bonds. The lowest BCUT2D eigenvalue weighted by Crippen LogP contribution is -2.48. The predicted molar refractivity (Wildman–Crippen MR) is 362 cm³/mol. The van der Waals surface area contributed by atoms with Gasteiger partial charge in [-0.25, -0.2) is 33.7 Å². The third-order valence-corrected chi connectivity index (χ3v) is 22.8. The Kier molecular flexibility index (Phi) is 15.4. The predicted octanol–water partition coefficient (Wildman–Crippen LogP) is 8.29. The summed E-state index contributed by atoms with van der Waals surface area (Å²) in [5.41, 5.74) is 19.3. The number of allylic oxidation sites excluding steroid dienone is 1. The number of rotatable bonds is 15. The van der Waals surface area contributed by atoms with Crippen molar-refractivity contribution in [3.05, 3.63) is 152 Å². The van der Waals surface area contributed by atoms with Gasteiger partial charge in [-0.05, 0) is 167 Å². The van der Waals surface area contributed by atoms with E-state index in [-0.39, 0.29) is 35.8 Å². The molecular weight excluding hydrogens is 1220 g/mol. The number of carbonyl (C=O) groups is 3. The van der Waals surface area contributed by atoms with Gasteiger partial charge in [0.05, 0.1) is 111 Å².